The number of rotatable bonds is 4. The van der Waals surface area contributed by atoms with Gasteiger partial charge >= 0.3 is 5.97 Å². The van der Waals surface area contributed by atoms with E-state index in [1.54, 1.807) is 18.2 Å². The van der Waals surface area contributed by atoms with Crippen LogP contribution in [0.4, 0.5) is 5.69 Å². The molecule has 1 atom stereocenters. The van der Waals surface area contributed by atoms with Crippen LogP contribution in [0.5, 0.6) is 0 Å². The average Bonchev–Trinajstić information content (AvgIpc) is 2.77. The molecule has 0 aromatic heterocycles. The van der Waals surface area contributed by atoms with Gasteiger partial charge in [-0.3, -0.25) is 0 Å². The normalized spacial score (nSPS) is 19.2. The Balaban J connectivity index is 2.23. The van der Waals surface area contributed by atoms with Crippen LogP contribution in [-0.4, -0.2) is 24.2 Å². The van der Waals surface area contributed by atoms with E-state index in [1.807, 2.05) is 0 Å². The second kappa shape index (κ2) is 5.61. The van der Waals surface area contributed by atoms with Crippen molar-refractivity contribution in [3.8, 4) is 0 Å². The molecule has 2 rings (SSSR count). The summed E-state index contributed by atoms with van der Waals surface area (Å²) in [6.45, 7) is 4.05. The lowest BCUT2D eigenvalue weighted by molar-refractivity contribution is 0.0697. The van der Waals surface area contributed by atoms with E-state index in [0.29, 0.717) is 16.5 Å². The van der Waals surface area contributed by atoms with Gasteiger partial charge in [-0.25, -0.2) is 4.79 Å². The zero-order valence-electron chi connectivity index (χ0n) is 10.5. The lowest BCUT2D eigenvalue weighted by Crippen LogP contribution is -2.22. The smallest absolute Gasteiger partial charge is 0.337 e. The molecule has 0 bridgehead atoms. The van der Waals surface area contributed by atoms with E-state index in [1.165, 1.54) is 12.8 Å². The molecule has 1 aliphatic rings. The molecule has 1 aromatic rings. The summed E-state index contributed by atoms with van der Waals surface area (Å²) < 4.78 is 0. The Bertz CT molecular complexity index is 447. The molecule has 1 saturated heterocycles. The molecule has 98 valence electrons. The maximum Gasteiger partial charge on any atom is 0.337 e. The first-order valence-corrected chi connectivity index (χ1v) is 6.77. The Kier molecular flexibility index (Phi) is 4.12. The fourth-order valence-electron chi connectivity index (χ4n) is 2.64. The Labute approximate surface area is 112 Å². The molecule has 1 unspecified atom stereocenters. The van der Waals surface area contributed by atoms with Gasteiger partial charge in [0.15, 0.2) is 0 Å². The number of carboxylic acid groups (broad SMARTS) is 1. The van der Waals surface area contributed by atoms with E-state index >= 15 is 0 Å². The number of halogens is 1. The summed E-state index contributed by atoms with van der Waals surface area (Å²) in [6, 6.07) is 4.99. The highest BCUT2D eigenvalue weighted by atomic mass is 35.5. The highest BCUT2D eigenvalue weighted by Gasteiger charge is 2.25. The van der Waals surface area contributed by atoms with Gasteiger partial charge in [0.2, 0.25) is 0 Å². The third-order valence-corrected chi connectivity index (χ3v) is 3.75. The minimum atomic E-state index is -0.888. The second-order valence-corrected chi connectivity index (χ2v) is 5.29. The van der Waals surface area contributed by atoms with Crippen LogP contribution in [-0.2, 0) is 0 Å². The van der Waals surface area contributed by atoms with Gasteiger partial charge in [0.05, 0.1) is 11.3 Å². The molecule has 1 aliphatic heterocycles. The zero-order valence-corrected chi connectivity index (χ0v) is 11.3. The number of aromatic carboxylic acids is 1. The van der Waals surface area contributed by atoms with Crippen molar-refractivity contribution in [1.29, 1.82) is 0 Å². The van der Waals surface area contributed by atoms with Crippen LogP contribution in [0.3, 0.4) is 0 Å². The van der Waals surface area contributed by atoms with Gasteiger partial charge in [-0.1, -0.05) is 24.9 Å². The predicted octanol–water partition coefficient (Wildman–Crippen LogP) is 3.66. The minimum Gasteiger partial charge on any atom is -0.478 e. The molecule has 1 fully saturated rings. The van der Waals surface area contributed by atoms with Gasteiger partial charge in [0, 0.05) is 18.1 Å². The maximum atomic E-state index is 11.2. The van der Waals surface area contributed by atoms with Crippen molar-refractivity contribution in [3.63, 3.8) is 0 Å². The quantitative estimate of drug-likeness (QED) is 0.905. The molecule has 18 heavy (non-hydrogen) atoms. The third-order valence-electron chi connectivity index (χ3n) is 3.51. The number of carbonyl (C=O) groups is 1. The highest BCUT2D eigenvalue weighted by Crippen LogP contribution is 2.31. The second-order valence-electron chi connectivity index (χ2n) is 4.86. The maximum absolute atomic E-state index is 11.2. The Hall–Kier alpha value is -1.22. The molecule has 0 saturated carbocycles. The van der Waals surface area contributed by atoms with E-state index in [9.17, 15) is 9.90 Å². The van der Waals surface area contributed by atoms with Crippen molar-refractivity contribution in [3.05, 3.63) is 28.8 Å². The number of benzene rings is 1. The van der Waals surface area contributed by atoms with Gasteiger partial charge < -0.3 is 10.0 Å². The lowest BCUT2D eigenvalue weighted by Gasteiger charge is -2.21. The van der Waals surface area contributed by atoms with Crippen LogP contribution in [0.1, 0.15) is 36.5 Å². The van der Waals surface area contributed by atoms with E-state index in [0.717, 1.165) is 25.2 Å². The van der Waals surface area contributed by atoms with Crippen molar-refractivity contribution in [1.82, 2.24) is 0 Å². The molecular formula is C14H18ClNO2. The fraction of sp³-hybridized carbons (Fsp3) is 0.500. The summed E-state index contributed by atoms with van der Waals surface area (Å²) >= 11 is 5.98. The molecule has 1 heterocycles. The molecule has 3 nitrogen and oxygen atoms in total. The van der Waals surface area contributed by atoms with Crippen molar-refractivity contribution in [2.24, 2.45) is 5.92 Å². The standard InChI is InChI=1S/C14H18ClNO2/c1-2-3-10-6-7-16(9-10)13-8-11(15)4-5-12(13)14(17)18/h4-5,8,10H,2-3,6-7,9H2,1H3,(H,17,18). The largest absolute Gasteiger partial charge is 0.478 e. The number of hydrogen-bond acceptors (Lipinski definition) is 2. The molecule has 0 amide bonds. The molecular weight excluding hydrogens is 250 g/mol. The molecule has 1 aromatic carbocycles. The molecule has 4 heteroatoms. The first kappa shape index (κ1) is 13.2. The van der Waals surface area contributed by atoms with Crippen molar-refractivity contribution in [2.45, 2.75) is 26.2 Å². The van der Waals surface area contributed by atoms with Gasteiger partial charge in [0.1, 0.15) is 0 Å². The summed E-state index contributed by atoms with van der Waals surface area (Å²) in [7, 11) is 0. The summed E-state index contributed by atoms with van der Waals surface area (Å²) in [5, 5.41) is 9.81. The first-order chi connectivity index (χ1) is 8.61. The molecule has 0 spiro atoms. The lowest BCUT2D eigenvalue weighted by atomic mass is 10.0. The first-order valence-electron chi connectivity index (χ1n) is 6.39. The summed E-state index contributed by atoms with van der Waals surface area (Å²) in [5.41, 5.74) is 1.10. The van der Waals surface area contributed by atoms with Crippen LogP contribution in [0.25, 0.3) is 0 Å². The van der Waals surface area contributed by atoms with Crippen LogP contribution in [0.15, 0.2) is 18.2 Å². The van der Waals surface area contributed by atoms with E-state index in [-0.39, 0.29) is 0 Å². The third kappa shape index (κ3) is 2.78. The predicted molar refractivity (Wildman–Crippen MR) is 73.6 cm³/mol. The Morgan fingerprint density at radius 2 is 2.33 bits per heavy atom. The number of carboxylic acids is 1. The van der Waals surface area contributed by atoms with E-state index in [2.05, 4.69) is 11.8 Å². The Morgan fingerprint density at radius 1 is 1.56 bits per heavy atom. The minimum absolute atomic E-state index is 0.344. The van der Waals surface area contributed by atoms with Gasteiger partial charge in [-0.15, -0.1) is 0 Å². The van der Waals surface area contributed by atoms with Gasteiger partial charge in [-0.2, -0.15) is 0 Å². The van der Waals surface area contributed by atoms with Gasteiger partial charge in [-0.05, 0) is 37.0 Å². The number of nitrogens with zero attached hydrogens (tertiary/aromatic N) is 1. The zero-order chi connectivity index (χ0) is 13.1. The van der Waals surface area contributed by atoms with Crippen molar-refractivity contribution >= 4 is 23.3 Å². The van der Waals surface area contributed by atoms with Crippen molar-refractivity contribution in [2.75, 3.05) is 18.0 Å². The van der Waals surface area contributed by atoms with E-state index < -0.39 is 5.97 Å². The van der Waals surface area contributed by atoms with E-state index in [4.69, 9.17) is 11.6 Å². The fourth-order valence-corrected chi connectivity index (χ4v) is 2.81. The van der Waals surface area contributed by atoms with Gasteiger partial charge in [0.25, 0.3) is 0 Å². The van der Waals surface area contributed by atoms with Crippen LogP contribution in [0, 0.1) is 5.92 Å². The average molecular weight is 268 g/mol. The summed E-state index contributed by atoms with van der Waals surface area (Å²) in [4.78, 5) is 13.4. The Morgan fingerprint density at radius 3 is 3.00 bits per heavy atom. The number of hydrogen-bond donors (Lipinski definition) is 1. The molecule has 0 radical (unpaired) electrons. The topological polar surface area (TPSA) is 40.5 Å². The highest BCUT2D eigenvalue weighted by molar-refractivity contribution is 6.31. The van der Waals surface area contributed by atoms with Crippen LogP contribution in [0.2, 0.25) is 5.02 Å². The molecule has 1 N–H and O–H groups in total. The van der Waals surface area contributed by atoms with Crippen LogP contribution < -0.4 is 4.90 Å². The summed E-state index contributed by atoms with van der Waals surface area (Å²) in [6.07, 6.45) is 3.53. The monoisotopic (exact) mass is 267 g/mol. The SMILES string of the molecule is CCCC1CCN(c2cc(Cl)ccc2C(=O)O)C1. The van der Waals surface area contributed by atoms with Crippen LogP contribution >= 0.6 is 11.6 Å². The molecule has 0 aliphatic carbocycles. The van der Waals surface area contributed by atoms with Crippen molar-refractivity contribution < 1.29 is 9.90 Å². The summed E-state index contributed by atoms with van der Waals surface area (Å²) in [5.74, 6) is -0.212. The number of anilines is 1.